The van der Waals surface area contributed by atoms with Gasteiger partial charge in [-0.1, -0.05) is 12.1 Å². The number of nitrogens with zero attached hydrogens (tertiary/aromatic N) is 1. The van der Waals surface area contributed by atoms with E-state index < -0.39 is 23.3 Å². The van der Waals surface area contributed by atoms with Gasteiger partial charge in [-0.2, -0.15) is 18.3 Å². The molecule has 2 aromatic carbocycles. The molecule has 0 fully saturated rings. The average molecular weight is 376 g/mol. The Labute approximate surface area is 149 Å². The second-order valence-electron chi connectivity index (χ2n) is 5.42. The van der Waals surface area contributed by atoms with Gasteiger partial charge in [-0.25, -0.2) is 10.2 Å². The van der Waals surface area contributed by atoms with Crippen LogP contribution in [0.3, 0.4) is 0 Å². The molecule has 138 valence electrons. The van der Waals surface area contributed by atoms with Gasteiger partial charge >= 0.3 is 11.8 Å². The van der Waals surface area contributed by atoms with Gasteiger partial charge < -0.3 is 9.52 Å². The van der Waals surface area contributed by atoms with Crippen molar-refractivity contribution in [3.05, 3.63) is 75.6 Å². The van der Waals surface area contributed by atoms with E-state index >= 15 is 0 Å². The number of benzene rings is 2. The molecular weight excluding hydrogens is 365 g/mol. The van der Waals surface area contributed by atoms with Crippen molar-refractivity contribution < 1.29 is 27.5 Å². The maximum Gasteiger partial charge on any atom is 0.416 e. The van der Waals surface area contributed by atoms with Gasteiger partial charge in [0, 0.05) is 5.56 Å². The van der Waals surface area contributed by atoms with Crippen molar-refractivity contribution in [2.45, 2.75) is 6.18 Å². The van der Waals surface area contributed by atoms with Gasteiger partial charge in [-0.15, -0.1) is 0 Å². The van der Waals surface area contributed by atoms with E-state index in [2.05, 4.69) is 10.5 Å². The quantitative estimate of drug-likeness (QED) is 0.417. The van der Waals surface area contributed by atoms with E-state index in [1.54, 1.807) is 12.1 Å². The van der Waals surface area contributed by atoms with Crippen LogP contribution in [0.2, 0.25) is 0 Å². The minimum Gasteiger partial charge on any atom is -0.506 e. The fraction of sp³-hybridized carbons (Fsp3) is 0.0556. The highest BCUT2D eigenvalue weighted by Gasteiger charge is 2.30. The summed E-state index contributed by atoms with van der Waals surface area (Å²) in [4.78, 5) is 23.8. The molecule has 0 aliphatic carbocycles. The van der Waals surface area contributed by atoms with Crippen molar-refractivity contribution in [1.29, 1.82) is 0 Å². The van der Waals surface area contributed by atoms with E-state index in [9.17, 15) is 27.9 Å². The number of hydrogen-bond acceptors (Lipinski definition) is 5. The molecule has 0 saturated heterocycles. The van der Waals surface area contributed by atoms with Gasteiger partial charge in [0.2, 0.25) is 0 Å². The normalized spacial score (nSPS) is 11.8. The zero-order valence-electron chi connectivity index (χ0n) is 13.4. The lowest BCUT2D eigenvalue weighted by molar-refractivity contribution is -0.137. The van der Waals surface area contributed by atoms with Crippen molar-refractivity contribution in [2.75, 3.05) is 0 Å². The highest BCUT2D eigenvalue weighted by Crippen LogP contribution is 2.29. The Bertz CT molecular complexity index is 1090. The van der Waals surface area contributed by atoms with E-state index in [0.29, 0.717) is 0 Å². The molecule has 0 atom stereocenters. The van der Waals surface area contributed by atoms with Crippen LogP contribution < -0.4 is 11.1 Å². The molecule has 0 radical (unpaired) electrons. The number of hydrazone groups is 1. The number of hydrogen-bond donors (Lipinski definition) is 2. The fourth-order valence-corrected chi connectivity index (χ4v) is 2.29. The van der Waals surface area contributed by atoms with Crippen molar-refractivity contribution in [3.63, 3.8) is 0 Å². The van der Waals surface area contributed by atoms with E-state index in [0.717, 1.165) is 30.5 Å². The Morgan fingerprint density at radius 1 is 1.11 bits per heavy atom. The van der Waals surface area contributed by atoms with Crippen molar-refractivity contribution in [1.82, 2.24) is 5.43 Å². The van der Waals surface area contributed by atoms with E-state index in [-0.39, 0.29) is 27.8 Å². The predicted molar refractivity (Wildman–Crippen MR) is 90.7 cm³/mol. The van der Waals surface area contributed by atoms with Gasteiger partial charge in [0.05, 0.1) is 17.2 Å². The van der Waals surface area contributed by atoms with Crippen LogP contribution in [0, 0.1) is 0 Å². The van der Waals surface area contributed by atoms with E-state index in [1.165, 1.54) is 12.1 Å². The van der Waals surface area contributed by atoms with Crippen LogP contribution in [0.25, 0.3) is 11.0 Å². The summed E-state index contributed by atoms with van der Waals surface area (Å²) in [5, 5.41) is 14.0. The molecular formula is C18H11F3N2O4. The number of carbonyl (C=O) groups is 1. The van der Waals surface area contributed by atoms with Crippen LogP contribution in [-0.4, -0.2) is 17.2 Å². The van der Waals surface area contributed by atoms with Crippen molar-refractivity contribution in [3.8, 4) is 5.75 Å². The number of halogens is 3. The van der Waals surface area contributed by atoms with Crippen LogP contribution in [0.15, 0.2) is 62.8 Å². The Kier molecular flexibility index (Phi) is 4.68. The first kappa shape index (κ1) is 18.2. The number of rotatable bonds is 3. The van der Waals surface area contributed by atoms with E-state index in [1.807, 2.05) is 0 Å². The first-order chi connectivity index (χ1) is 12.8. The van der Waals surface area contributed by atoms with Crippen LogP contribution >= 0.6 is 0 Å². The Morgan fingerprint density at radius 2 is 1.78 bits per heavy atom. The molecule has 0 bridgehead atoms. The van der Waals surface area contributed by atoms with Gasteiger partial charge in [0.1, 0.15) is 16.9 Å². The van der Waals surface area contributed by atoms with Gasteiger partial charge in [-0.05, 0) is 36.4 Å². The summed E-state index contributed by atoms with van der Waals surface area (Å²) in [7, 11) is 0. The topological polar surface area (TPSA) is 91.9 Å². The second-order valence-corrected chi connectivity index (χ2v) is 5.42. The largest absolute Gasteiger partial charge is 0.506 e. The Balaban J connectivity index is 1.79. The van der Waals surface area contributed by atoms with Crippen LogP contribution in [-0.2, 0) is 6.18 Å². The number of nitrogens with one attached hydrogen (secondary N) is 1. The number of alkyl halides is 3. The smallest absolute Gasteiger partial charge is 0.416 e. The number of fused-ring (bicyclic) bond motifs is 1. The Hall–Kier alpha value is -3.62. The molecule has 0 aliphatic heterocycles. The SMILES string of the molecule is O=C(NN=Cc1c(O)c2ccccc2oc1=O)c1ccc(C(F)(F)F)cc1. The molecule has 1 aromatic heterocycles. The zero-order valence-corrected chi connectivity index (χ0v) is 13.4. The molecule has 6 nitrogen and oxygen atoms in total. The molecule has 3 aromatic rings. The third-order valence-electron chi connectivity index (χ3n) is 3.65. The molecule has 9 heteroatoms. The molecule has 1 heterocycles. The minimum absolute atomic E-state index is 0.0603. The van der Waals surface area contributed by atoms with E-state index in [4.69, 9.17) is 4.42 Å². The Morgan fingerprint density at radius 3 is 2.44 bits per heavy atom. The summed E-state index contributed by atoms with van der Waals surface area (Å²) in [6.07, 6.45) is -3.61. The molecule has 2 N–H and O–H groups in total. The summed E-state index contributed by atoms with van der Waals surface area (Å²) < 4.78 is 42.6. The van der Waals surface area contributed by atoms with Crippen molar-refractivity contribution in [2.24, 2.45) is 5.10 Å². The first-order valence-corrected chi connectivity index (χ1v) is 7.53. The van der Waals surface area contributed by atoms with Crippen molar-refractivity contribution >= 4 is 23.1 Å². The maximum atomic E-state index is 12.5. The molecule has 3 rings (SSSR count). The van der Waals surface area contributed by atoms with Crippen LogP contribution in [0.5, 0.6) is 5.75 Å². The zero-order chi connectivity index (χ0) is 19.6. The highest BCUT2D eigenvalue weighted by atomic mass is 19.4. The molecule has 27 heavy (non-hydrogen) atoms. The summed E-state index contributed by atoms with van der Waals surface area (Å²) in [5.74, 6) is -1.15. The molecule has 1 amide bonds. The minimum atomic E-state index is -4.51. The monoisotopic (exact) mass is 376 g/mol. The summed E-state index contributed by atoms with van der Waals surface area (Å²) in [6.45, 7) is 0. The predicted octanol–water partition coefficient (Wildman–Crippen LogP) is 3.28. The summed E-state index contributed by atoms with van der Waals surface area (Å²) in [5.41, 5.74) is 0.165. The number of carbonyl (C=O) groups excluding carboxylic acids is 1. The molecule has 0 unspecified atom stereocenters. The summed E-state index contributed by atoms with van der Waals surface area (Å²) in [6, 6.07) is 9.82. The number of amides is 1. The lowest BCUT2D eigenvalue weighted by atomic mass is 10.1. The van der Waals surface area contributed by atoms with Gasteiger partial charge in [0.15, 0.2) is 0 Å². The highest BCUT2D eigenvalue weighted by molar-refractivity contribution is 5.96. The lowest BCUT2D eigenvalue weighted by Gasteiger charge is -2.06. The lowest BCUT2D eigenvalue weighted by Crippen LogP contribution is -2.19. The fourth-order valence-electron chi connectivity index (χ4n) is 2.29. The third kappa shape index (κ3) is 3.81. The number of para-hydroxylation sites is 1. The maximum absolute atomic E-state index is 12.5. The second kappa shape index (κ2) is 6.94. The first-order valence-electron chi connectivity index (χ1n) is 7.53. The molecule has 0 saturated carbocycles. The average Bonchev–Trinajstić information content (AvgIpc) is 2.63. The standard InChI is InChI=1S/C18H11F3N2O4/c19-18(20,21)11-7-5-10(6-8-11)16(25)23-22-9-13-15(24)12-3-1-2-4-14(12)27-17(13)26/h1-9,24H,(H,23,25). The molecule has 0 aliphatic rings. The third-order valence-corrected chi connectivity index (χ3v) is 3.65. The van der Waals surface area contributed by atoms with Gasteiger partial charge in [0.25, 0.3) is 5.91 Å². The number of aromatic hydroxyl groups is 1. The summed E-state index contributed by atoms with van der Waals surface area (Å²) >= 11 is 0. The van der Waals surface area contributed by atoms with Gasteiger partial charge in [-0.3, -0.25) is 4.79 Å². The van der Waals surface area contributed by atoms with Crippen LogP contribution in [0.4, 0.5) is 13.2 Å². The van der Waals surface area contributed by atoms with Crippen LogP contribution in [0.1, 0.15) is 21.5 Å². The molecule has 0 spiro atoms.